The molecular formula is C45H68N6O13. The Kier molecular flexibility index (Phi) is 20.6. The monoisotopic (exact) mass is 900 g/mol. The Hall–Kier alpha value is -5.85. The fourth-order valence-electron chi connectivity index (χ4n) is 6.64. The molecule has 1 aliphatic rings. The molecular weight excluding hydrogens is 833 g/mol. The molecule has 19 heteroatoms. The summed E-state index contributed by atoms with van der Waals surface area (Å²) in [5.41, 5.74) is 0.118. The van der Waals surface area contributed by atoms with Crippen LogP contribution in [0.25, 0.3) is 0 Å². The molecule has 0 spiro atoms. The molecule has 64 heavy (non-hydrogen) atoms. The molecule has 1 fully saturated rings. The number of nitrogens with one attached hydrogen (secondary N) is 3. The van der Waals surface area contributed by atoms with Crippen LogP contribution in [0.2, 0.25) is 0 Å². The van der Waals surface area contributed by atoms with Crippen LogP contribution in [0.4, 0.5) is 0 Å². The number of likely N-dealkylation sites (N-methyl/N-ethyl adjacent to an activating group) is 3. The molecule has 3 N–H and O–H groups in total. The van der Waals surface area contributed by atoms with Gasteiger partial charge >= 0.3 is 17.9 Å². The normalized spacial score (nSPS) is 25.6. The molecule has 356 valence electrons. The van der Waals surface area contributed by atoms with E-state index in [9.17, 15) is 43.2 Å². The van der Waals surface area contributed by atoms with Gasteiger partial charge in [-0.1, -0.05) is 71.5 Å². The number of hydrogen-bond acceptors (Lipinski definition) is 13. The van der Waals surface area contributed by atoms with E-state index in [1.54, 1.807) is 44.2 Å². The third-order valence-corrected chi connectivity index (χ3v) is 11.5. The lowest BCUT2D eigenvalue weighted by atomic mass is 9.94. The Morgan fingerprint density at radius 2 is 1.41 bits per heavy atom. The molecule has 1 saturated heterocycles. The molecule has 1 aliphatic heterocycles. The number of methoxy groups -OCH3 is 1. The van der Waals surface area contributed by atoms with Crippen molar-refractivity contribution in [1.82, 2.24) is 30.7 Å². The number of amides is 6. The number of ether oxygens (including phenoxy) is 4. The number of rotatable bonds is 11. The van der Waals surface area contributed by atoms with Crippen molar-refractivity contribution in [3.8, 4) is 0 Å². The highest BCUT2D eigenvalue weighted by atomic mass is 16.6. The summed E-state index contributed by atoms with van der Waals surface area (Å²) < 4.78 is 23.0. The van der Waals surface area contributed by atoms with Crippen LogP contribution in [0.1, 0.15) is 81.2 Å². The quantitative estimate of drug-likeness (QED) is 0.163. The fraction of sp³-hybridized carbons (Fsp3) is 0.622. The average Bonchev–Trinajstić information content (AvgIpc) is 3.23. The molecule has 0 bridgehead atoms. The second-order valence-corrected chi connectivity index (χ2v) is 17.0. The molecule has 0 unspecified atom stereocenters. The maximum Gasteiger partial charge on any atom is 0.333 e. The smallest absolute Gasteiger partial charge is 0.333 e. The zero-order valence-corrected chi connectivity index (χ0v) is 39.6. The Morgan fingerprint density at radius 1 is 0.812 bits per heavy atom. The van der Waals surface area contributed by atoms with Crippen molar-refractivity contribution in [3.63, 3.8) is 0 Å². The summed E-state index contributed by atoms with van der Waals surface area (Å²) in [6.07, 6.45) is -5.71. The van der Waals surface area contributed by atoms with Gasteiger partial charge in [0.1, 0.15) is 36.0 Å². The largest absolute Gasteiger partial charge is 0.459 e. The standard InChI is InChI=1S/C45H68N6O13/c1-23(2)25(5)21-34(53)64-38(24(3)4)36-43(58)51(14)37(30(10)61-15)45(60)62-29(9)35(47-31(11)52)44(59)63-33(22-32-19-17-16-18-20-32)42(57)50(13)27(7)39(54)46-26(6)41(56)49(12)28(8)40(55)48-36/h16-20,23-26,28-30,33,35-38H,7,21-22H2,1-6,8-15H3,(H,46,54)(H,47,52)(H,48,55)/t25-,26-,28-,29+,30+,33+,35-,36-,37-,38+/m0/s1. The lowest BCUT2D eigenvalue weighted by molar-refractivity contribution is -0.173. The van der Waals surface area contributed by atoms with E-state index in [4.69, 9.17) is 18.9 Å². The number of carbonyl (C=O) groups is 9. The summed E-state index contributed by atoms with van der Waals surface area (Å²) in [7, 11) is 5.05. The van der Waals surface area contributed by atoms with Gasteiger partial charge in [0.05, 0.1) is 6.10 Å². The van der Waals surface area contributed by atoms with E-state index >= 15 is 0 Å². The summed E-state index contributed by atoms with van der Waals surface area (Å²) >= 11 is 0. The molecule has 0 aliphatic carbocycles. The highest BCUT2D eigenvalue weighted by molar-refractivity contribution is 6.01. The third-order valence-electron chi connectivity index (χ3n) is 11.5. The zero-order chi connectivity index (χ0) is 48.9. The summed E-state index contributed by atoms with van der Waals surface area (Å²) in [5, 5.41) is 7.53. The molecule has 2 rings (SSSR count). The number of carbonyl (C=O) groups excluding carboxylic acids is 9. The van der Waals surface area contributed by atoms with Crippen molar-refractivity contribution in [3.05, 3.63) is 48.2 Å². The lowest BCUT2D eigenvalue weighted by Gasteiger charge is -2.38. The zero-order valence-electron chi connectivity index (χ0n) is 39.6. The van der Waals surface area contributed by atoms with E-state index < -0.39 is 120 Å². The van der Waals surface area contributed by atoms with Crippen molar-refractivity contribution < 1.29 is 62.1 Å². The van der Waals surface area contributed by atoms with Crippen molar-refractivity contribution in [2.75, 3.05) is 28.3 Å². The minimum absolute atomic E-state index is 0.00232. The van der Waals surface area contributed by atoms with Gasteiger partial charge in [-0.2, -0.15) is 0 Å². The summed E-state index contributed by atoms with van der Waals surface area (Å²) in [5.74, 6) is -8.63. The predicted octanol–water partition coefficient (Wildman–Crippen LogP) is 1.51. The van der Waals surface area contributed by atoms with Gasteiger partial charge in [0.15, 0.2) is 18.2 Å². The van der Waals surface area contributed by atoms with Crippen molar-refractivity contribution in [2.45, 2.75) is 137 Å². The van der Waals surface area contributed by atoms with Gasteiger partial charge in [-0.15, -0.1) is 0 Å². The van der Waals surface area contributed by atoms with Gasteiger partial charge < -0.3 is 49.6 Å². The highest BCUT2D eigenvalue weighted by Crippen LogP contribution is 2.22. The number of benzene rings is 1. The van der Waals surface area contributed by atoms with E-state index in [2.05, 4.69) is 22.5 Å². The van der Waals surface area contributed by atoms with Crippen molar-refractivity contribution in [2.24, 2.45) is 17.8 Å². The Labute approximate surface area is 376 Å². The number of hydrogen-bond donors (Lipinski definition) is 3. The molecule has 0 saturated carbocycles. The van der Waals surface area contributed by atoms with E-state index in [0.29, 0.717) is 5.56 Å². The molecule has 6 amide bonds. The van der Waals surface area contributed by atoms with Crippen LogP contribution in [0.3, 0.4) is 0 Å². The third kappa shape index (κ3) is 14.6. The second kappa shape index (κ2) is 24.3. The predicted molar refractivity (Wildman–Crippen MR) is 233 cm³/mol. The first-order valence-electron chi connectivity index (χ1n) is 21.3. The Balaban J connectivity index is 2.84. The van der Waals surface area contributed by atoms with Crippen molar-refractivity contribution in [1.29, 1.82) is 0 Å². The minimum atomic E-state index is -1.71. The van der Waals surface area contributed by atoms with Gasteiger partial charge in [0.25, 0.3) is 11.8 Å². The van der Waals surface area contributed by atoms with Gasteiger partial charge in [-0.25, -0.2) is 9.59 Å². The van der Waals surface area contributed by atoms with E-state index in [-0.39, 0.29) is 24.7 Å². The van der Waals surface area contributed by atoms with Crippen molar-refractivity contribution >= 4 is 53.4 Å². The Morgan fingerprint density at radius 3 is 1.94 bits per heavy atom. The first kappa shape index (κ1) is 54.3. The van der Waals surface area contributed by atoms with E-state index in [1.165, 1.54) is 55.9 Å². The SMILES string of the molecule is C=C1C(=O)N[C@@H](C)C(=O)N(C)[C@@H](C)C(=O)N[C@@H]([C@H](OC(=O)C[C@H](C)C(C)C)C(C)C)C(=O)N(C)[C@@H]([C@@H](C)OC)C(=O)O[C@H](C)[C@H](NC(C)=O)C(=O)O[C@H](Cc2ccccc2)C(=O)N1C. The van der Waals surface area contributed by atoms with Gasteiger partial charge in [0, 0.05) is 48.0 Å². The summed E-state index contributed by atoms with van der Waals surface area (Å²) in [6, 6.07) is 0.958. The first-order chi connectivity index (χ1) is 29.7. The molecule has 0 aromatic heterocycles. The molecule has 10 atom stereocenters. The summed E-state index contributed by atoms with van der Waals surface area (Å²) in [4.78, 5) is 127. The molecule has 1 heterocycles. The van der Waals surface area contributed by atoms with Gasteiger partial charge in [-0.3, -0.25) is 33.6 Å². The van der Waals surface area contributed by atoms with Crippen LogP contribution < -0.4 is 16.0 Å². The topological polar surface area (TPSA) is 236 Å². The summed E-state index contributed by atoms with van der Waals surface area (Å²) in [6.45, 7) is 19.4. The van der Waals surface area contributed by atoms with E-state index in [1.807, 2.05) is 20.8 Å². The van der Waals surface area contributed by atoms with Crippen LogP contribution in [0.5, 0.6) is 0 Å². The second-order valence-electron chi connectivity index (χ2n) is 17.0. The average molecular weight is 901 g/mol. The maximum atomic E-state index is 14.8. The van der Waals surface area contributed by atoms with Gasteiger partial charge in [-0.05, 0) is 51.0 Å². The fourth-order valence-corrected chi connectivity index (χ4v) is 6.64. The highest BCUT2D eigenvalue weighted by Gasteiger charge is 2.45. The molecule has 1 aromatic rings. The van der Waals surface area contributed by atoms with Crippen LogP contribution >= 0.6 is 0 Å². The molecule has 1 aromatic carbocycles. The van der Waals surface area contributed by atoms with Crippen LogP contribution in [-0.4, -0.2) is 151 Å². The van der Waals surface area contributed by atoms with Crippen LogP contribution in [0.15, 0.2) is 42.6 Å². The lowest BCUT2D eigenvalue weighted by Crippen LogP contribution is -2.63. The number of nitrogens with zero attached hydrogens (tertiary/aromatic N) is 3. The Bertz CT molecular complexity index is 1870. The molecule has 19 nitrogen and oxygen atoms in total. The first-order valence-corrected chi connectivity index (χ1v) is 21.3. The van der Waals surface area contributed by atoms with Crippen LogP contribution in [-0.2, 0) is 68.5 Å². The maximum absolute atomic E-state index is 14.8. The van der Waals surface area contributed by atoms with Gasteiger partial charge in [0.2, 0.25) is 23.6 Å². The number of esters is 3. The number of cyclic esters (lactones) is 2. The molecule has 0 radical (unpaired) electrons. The van der Waals surface area contributed by atoms with E-state index in [0.717, 1.165) is 21.6 Å². The van der Waals surface area contributed by atoms with Crippen LogP contribution in [0, 0.1) is 17.8 Å². The minimum Gasteiger partial charge on any atom is -0.459 e.